The first-order valence-electron chi connectivity index (χ1n) is 9.85. The van der Waals surface area contributed by atoms with Gasteiger partial charge < -0.3 is 19.9 Å². The maximum atomic E-state index is 13.9. The molecule has 0 aliphatic rings. The second-order valence-electron chi connectivity index (χ2n) is 7.17. The lowest BCUT2D eigenvalue weighted by Crippen LogP contribution is -2.16. The van der Waals surface area contributed by atoms with Crippen molar-refractivity contribution in [2.45, 2.75) is 12.7 Å². The van der Waals surface area contributed by atoms with Crippen molar-refractivity contribution in [3.8, 4) is 22.9 Å². The first kappa shape index (κ1) is 23.3. The van der Waals surface area contributed by atoms with E-state index in [1.54, 1.807) is 29.6 Å². The van der Waals surface area contributed by atoms with Crippen LogP contribution < -0.4 is 14.8 Å². The van der Waals surface area contributed by atoms with Crippen molar-refractivity contribution >= 4 is 33.2 Å². The summed E-state index contributed by atoms with van der Waals surface area (Å²) in [5, 5.41) is 15.1. The molecule has 2 heterocycles. The summed E-state index contributed by atoms with van der Waals surface area (Å²) in [4.78, 5) is 20.9. The highest BCUT2D eigenvalue weighted by atomic mass is 32.1. The molecule has 0 aliphatic heterocycles. The largest absolute Gasteiger partial charge is 0.493 e. The number of methoxy groups -OCH3 is 2. The zero-order valence-electron chi connectivity index (χ0n) is 17.9. The summed E-state index contributed by atoms with van der Waals surface area (Å²) < 4.78 is 52.1. The highest BCUT2D eigenvalue weighted by molar-refractivity contribution is 7.16. The van der Waals surface area contributed by atoms with Crippen LogP contribution in [0.15, 0.2) is 48.0 Å². The van der Waals surface area contributed by atoms with E-state index in [0.717, 1.165) is 6.07 Å². The summed E-state index contributed by atoms with van der Waals surface area (Å²) >= 11 is 1.28. The van der Waals surface area contributed by atoms with Gasteiger partial charge in [0, 0.05) is 29.4 Å². The predicted octanol–water partition coefficient (Wildman–Crippen LogP) is 5.70. The second-order valence-corrected chi connectivity index (χ2v) is 8.06. The number of anilines is 1. The Balaban J connectivity index is 1.79. The number of nitrogens with one attached hydrogen (secondary N) is 1. The van der Waals surface area contributed by atoms with Crippen LogP contribution in [0.5, 0.6) is 11.5 Å². The number of hydrogen-bond acceptors (Lipinski definition) is 7. The predicted molar refractivity (Wildman–Crippen MR) is 122 cm³/mol. The Morgan fingerprint density at radius 3 is 2.56 bits per heavy atom. The molecule has 2 aromatic heterocycles. The van der Waals surface area contributed by atoms with E-state index >= 15 is 0 Å². The van der Waals surface area contributed by atoms with Gasteiger partial charge in [-0.2, -0.15) is 13.2 Å². The van der Waals surface area contributed by atoms with Crippen LogP contribution in [-0.4, -0.2) is 35.3 Å². The van der Waals surface area contributed by atoms with Crippen molar-refractivity contribution in [2.24, 2.45) is 0 Å². The standard InChI is InChI=1S/C23H18F3N3O4S/c1-32-17-4-3-12(7-18(17)33-2)10-27-14-8-15(19(22(30)31)16(9-14)23(24,25)26)20-28-11-13-5-6-34-21(13)29-20/h3-9,11,27H,10H2,1-2H3,(H,30,31). The van der Waals surface area contributed by atoms with Crippen molar-refractivity contribution < 1.29 is 32.5 Å². The van der Waals surface area contributed by atoms with Gasteiger partial charge in [0.05, 0.1) is 25.3 Å². The van der Waals surface area contributed by atoms with Crippen molar-refractivity contribution in [1.82, 2.24) is 9.97 Å². The number of carbonyl (C=O) groups is 1. The third-order valence-corrected chi connectivity index (χ3v) is 5.87. The molecule has 0 fully saturated rings. The number of thiophene rings is 1. The molecular weight excluding hydrogens is 471 g/mol. The highest BCUT2D eigenvalue weighted by Crippen LogP contribution is 2.39. The number of fused-ring (bicyclic) bond motifs is 1. The Hall–Kier alpha value is -3.86. The van der Waals surface area contributed by atoms with E-state index < -0.39 is 23.3 Å². The molecule has 4 aromatic rings. The van der Waals surface area contributed by atoms with E-state index in [0.29, 0.717) is 27.3 Å². The molecule has 0 radical (unpaired) electrons. The number of hydrogen-bond donors (Lipinski definition) is 2. The smallest absolute Gasteiger partial charge is 0.417 e. The van der Waals surface area contributed by atoms with Crippen molar-refractivity contribution in [3.63, 3.8) is 0 Å². The van der Waals surface area contributed by atoms with Crippen LogP contribution >= 0.6 is 11.3 Å². The molecule has 2 aromatic carbocycles. The Bertz CT molecular complexity index is 1370. The van der Waals surface area contributed by atoms with Crippen molar-refractivity contribution in [2.75, 3.05) is 19.5 Å². The summed E-state index contributed by atoms with van der Waals surface area (Å²) in [6.45, 7) is 0.147. The average Bonchev–Trinajstić information content (AvgIpc) is 3.29. The van der Waals surface area contributed by atoms with Crippen LogP contribution in [0.2, 0.25) is 0 Å². The zero-order chi connectivity index (χ0) is 24.5. The molecule has 0 atom stereocenters. The normalized spacial score (nSPS) is 11.4. The molecule has 176 valence electrons. The van der Waals surface area contributed by atoms with E-state index in [9.17, 15) is 23.1 Å². The fraction of sp³-hybridized carbons (Fsp3) is 0.174. The van der Waals surface area contributed by atoms with Gasteiger partial charge in [0.2, 0.25) is 0 Å². The minimum Gasteiger partial charge on any atom is -0.493 e. The van der Waals surface area contributed by atoms with Crippen LogP contribution in [0.3, 0.4) is 0 Å². The van der Waals surface area contributed by atoms with E-state index in [2.05, 4.69) is 15.3 Å². The SMILES string of the molecule is COc1ccc(CNc2cc(-c3ncc4ccsc4n3)c(C(=O)O)c(C(F)(F)F)c2)cc1OC. The van der Waals surface area contributed by atoms with Gasteiger partial charge in [-0.25, -0.2) is 14.8 Å². The average molecular weight is 489 g/mol. The molecule has 0 saturated carbocycles. The Labute approximate surface area is 195 Å². The summed E-state index contributed by atoms with van der Waals surface area (Å²) in [6, 6.07) is 8.96. The fourth-order valence-corrected chi connectivity index (χ4v) is 4.19. The Kier molecular flexibility index (Phi) is 6.29. The molecule has 7 nitrogen and oxygen atoms in total. The number of aromatic carboxylic acids is 1. The fourth-order valence-electron chi connectivity index (χ4n) is 3.45. The van der Waals surface area contributed by atoms with Crippen LogP contribution in [0.4, 0.5) is 18.9 Å². The Morgan fingerprint density at radius 2 is 1.88 bits per heavy atom. The highest BCUT2D eigenvalue weighted by Gasteiger charge is 2.38. The lowest BCUT2D eigenvalue weighted by Gasteiger charge is -2.17. The summed E-state index contributed by atoms with van der Waals surface area (Å²) in [7, 11) is 2.97. The molecule has 11 heteroatoms. The van der Waals surface area contributed by atoms with Gasteiger partial charge in [-0.3, -0.25) is 0 Å². The lowest BCUT2D eigenvalue weighted by molar-refractivity contribution is -0.138. The Morgan fingerprint density at radius 1 is 1.12 bits per heavy atom. The molecular formula is C23H18F3N3O4S. The number of aromatic nitrogens is 2. The number of carboxylic acid groups (broad SMARTS) is 1. The monoisotopic (exact) mass is 489 g/mol. The quantitative estimate of drug-likeness (QED) is 0.344. The van der Waals surface area contributed by atoms with Gasteiger partial charge in [0.1, 0.15) is 4.83 Å². The molecule has 0 spiro atoms. The number of alkyl halides is 3. The van der Waals surface area contributed by atoms with Crippen LogP contribution in [-0.2, 0) is 12.7 Å². The number of ether oxygens (including phenoxy) is 2. The maximum Gasteiger partial charge on any atom is 0.417 e. The molecule has 0 unspecified atom stereocenters. The minimum atomic E-state index is -4.91. The second kappa shape index (κ2) is 9.18. The first-order valence-corrected chi connectivity index (χ1v) is 10.7. The topological polar surface area (TPSA) is 93.6 Å². The number of rotatable bonds is 7. The number of nitrogens with zero attached hydrogens (tertiary/aromatic N) is 2. The number of carboxylic acids is 1. The molecule has 0 aliphatic carbocycles. The van der Waals surface area contributed by atoms with Crippen molar-refractivity contribution in [3.05, 3.63) is 64.7 Å². The van der Waals surface area contributed by atoms with Crippen molar-refractivity contribution in [1.29, 1.82) is 0 Å². The van der Waals surface area contributed by atoms with Crippen LogP contribution in [0, 0.1) is 0 Å². The van der Waals surface area contributed by atoms with Crippen LogP contribution in [0.1, 0.15) is 21.5 Å². The molecule has 4 rings (SSSR count). The molecule has 0 amide bonds. The molecule has 0 bridgehead atoms. The summed E-state index contributed by atoms with van der Waals surface area (Å²) in [5.74, 6) is -0.839. The van der Waals surface area contributed by atoms with Gasteiger partial charge >= 0.3 is 12.1 Å². The third-order valence-electron chi connectivity index (χ3n) is 5.05. The van der Waals surface area contributed by atoms with E-state index in [1.165, 1.54) is 37.8 Å². The molecule has 2 N–H and O–H groups in total. The summed E-state index contributed by atoms with van der Waals surface area (Å²) in [6.07, 6.45) is -3.45. The minimum absolute atomic E-state index is 0.0667. The number of halogens is 3. The lowest BCUT2D eigenvalue weighted by atomic mass is 9.98. The first-order chi connectivity index (χ1) is 16.2. The third kappa shape index (κ3) is 4.60. The van der Waals surface area contributed by atoms with Crippen LogP contribution in [0.25, 0.3) is 21.6 Å². The van der Waals surface area contributed by atoms with Gasteiger partial charge in [0.25, 0.3) is 0 Å². The van der Waals surface area contributed by atoms with Gasteiger partial charge in [-0.1, -0.05) is 6.07 Å². The maximum absolute atomic E-state index is 13.9. The van der Waals surface area contributed by atoms with Gasteiger partial charge in [-0.05, 0) is 41.3 Å². The number of benzene rings is 2. The van der Waals surface area contributed by atoms with E-state index in [1.807, 2.05) is 0 Å². The van der Waals surface area contributed by atoms with Gasteiger partial charge in [0.15, 0.2) is 17.3 Å². The van der Waals surface area contributed by atoms with Gasteiger partial charge in [-0.15, -0.1) is 11.3 Å². The summed E-state index contributed by atoms with van der Waals surface area (Å²) in [5.41, 5.74) is -1.64. The van der Waals surface area contributed by atoms with E-state index in [-0.39, 0.29) is 23.6 Å². The zero-order valence-corrected chi connectivity index (χ0v) is 18.8. The van der Waals surface area contributed by atoms with E-state index in [4.69, 9.17) is 9.47 Å². The molecule has 0 saturated heterocycles. The molecule has 34 heavy (non-hydrogen) atoms.